The first-order valence-corrected chi connectivity index (χ1v) is 7.30. The highest BCUT2D eigenvalue weighted by Gasteiger charge is 2.30. The molecule has 2 N–H and O–H groups in total. The summed E-state index contributed by atoms with van der Waals surface area (Å²) in [6.45, 7) is 6.69. The number of carbonyl (C=O) groups excluding carboxylic acids is 1. The van der Waals surface area contributed by atoms with Crippen LogP contribution >= 0.6 is 11.8 Å². The molecule has 1 aliphatic heterocycles. The van der Waals surface area contributed by atoms with Crippen LogP contribution in [0, 0.1) is 13.8 Å². The molecule has 1 atom stereocenters. The number of hydrogen-bond acceptors (Lipinski definition) is 3. The molecule has 0 fully saturated rings. The normalized spacial score (nSPS) is 18.7. The minimum absolute atomic E-state index is 0.139. The first-order valence-electron chi connectivity index (χ1n) is 6.31. The Morgan fingerprint density at radius 2 is 2.11 bits per heavy atom. The third-order valence-corrected chi connectivity index (χ3v) is 4.76. The first-order chi connectivity index (χ1) is 8.56. The molecule has 98 valence electrons. The van der Waals surface area contributed by atoms with E-state index in [0.717, 1.165) is 11.4 Å². The van der Waals surface area contributed by atoms with Crippen LogP contribution in [0.2, 0.25) is 0 Å². The minimum atomic E-state index is 0.139. The van der Waals surface area contributed by atoms with Crippen molar-refractivity contribution in [2.75, 3.05) is 17.2 Å². The van der Waals surface area contributed by atoms with Gasteiger partial charge >= 0.3 is 0 Å². The lowest BCUT2D eigenvalue weighted by atomic mass is 10.1. The second-order valence-electron chi connectivity index (χ2n) is 4.84. The fourth-order valence-electron chi connectivity index (χ4n) is 2.37. The number of fused-ring (bicyclic) bond motifs is 1. The lowest BCUT2D eigenvalue weighted by molar-refractivity contribution is -0.118. The Bertz CT molecular complexity index is 473. The molecule has 1 unspecified atom stereocenters. The molecule has 0 saturated heterocycles. The van der Waals surface area contributed by atoms with Crippen LogP contribution in [0.4, 0.5) is 5.69 Å². The van der Waals surface area contributed by atoms with Gasteiger partial charge in [-0.05, 0) is 31.9 Å². The van der Waals surface area contributed by atoms with Gasteiger partial charge in [-0.2, -0.15) is 0 Å². The van der Waals surface area contributed by atoms with E-state index in [1.54, 1.807) is 0 Å². The number of thioether (sulfide) groups is 1. The SMILES string of the molecule is Cc1ccc(C)c2c1SCC(C)N2C(=O)CCN. The maximum absolute atomic E-state index is 12.3. The standard InChI is InChI=1S/C14H20N2OS/c1-9-4-5-10(2)14-13(9)16(11(3)8-18-14)12(17)6-7-15/h4-5,11H,6-8,15H2,1-3H3. The number of anilines is 1. The van der Waals surface area contributed by atoms with Crippen LogP contribution in [0.15, 0.2) is 17.0 Å². The molecule has 0 radical (unpaired) electrons. The number of rotatable bonds is 2. The van der Waals surface area contributed by atoms with E-state index in [1.807, 2.05) is 16.7 Å². The minimum Gasteiger partial charge on any atom is -0.330 e. The molecule has 0 bridgehead atoms. The van der Waals surface area contributed by atoms with Gasteiger partial charge in [0, 0.05) is 29.7 Å². The van der Waals surface area contributed by atoms with Crippen molar-refractivity contribution in [3.8, 4) is 0 Å². The average molecular weight is 264 g/mol. The summed E-state index contributed by atoms with van der Waals surface area (Å²) in [6.07, 6.45) is 0.418. The van der Waals surface area contributed by atoms with Crippen LogP contribution in [-0.2, 0) is 4.79 Å². The van der Waals surface area contributed by atoms with Gasteiger partial charge in [-0.3, -0.25) is 4.79 Å². The number of benzene rings is 1. The van der Waals surface area contributed by atoms with Crippen LogP contribution in [0.1, 0.15) is 24.5 Å². The van der Waals surface area contributed by atoms with Crippen LogP contribution in [0.5, 0.6) is 0 Å². The number of nitrogens with two attached hydrogens (primary N) is 1. The van der Waals surface area contributed by atoms with E-state index in [1.165, 1.54) is 16.0 Å². The molecule has 18 heavy (non-hydrogen) atoms. The Labute approximate surface area is 113 Å². The summed E-state index contributed by atoms with van der Waals surface area (Å²) in [5.41, 5.74) is 9.03. The number of carbonyl (C=O) groups is 1. The topological polar surface area (TPSA) is 46.3 Å². The summed E-state index contributed by atoms with van der Waals surface area (Å²) in [6, 6.07) is 4.46. The highest BCUT2D eigenvalue weighted by Crippen LogP contribution is 2.41. The molecule has 0 spiro atoms. The Morgan fingerprint density at radius 3 is 2.78 bits per heavy atom. The molecule has 1 aliphatic rings. The highest BCUT2D eigenvalue weighted by atomic mass is 32.2. The maximum atomic E-state index is 12.3. The fraction of sp³-hybridized carbons (Fsp3) is 0.500. The van der Waals surface area contributed by atoms with Gasteiger partial charge in [-0.25, -0.2) is 0 Å². The van der Waals surface area contributed by atoms with Crippen molar-refractivity contribution in [2.45, 2.75) is 38.1 Å². The summed E-state index contributed by atoms with van der Waals surface area (Å²) in [5.74, 6) is 1.09. The molecule has 1 amide bonds. The molecular weight excluding hydrogens is 244 g/mol. The van der Waals surface area contributed by atoms with E-state index in [-0.39, 0.29) is 11.9 Å². The highest BCUT2D eigenvalue weighted by molar-refractivity contribution is 7.99. The van der Waals surface area contributed by atoms with Crippen LogP contribution in [0.3, 0.4) is 0 Å². The zero-order valence-electron chi connectivity index (χ0n) is 11.2. The monoisotopic (exact) mass is 264 g/mol. The van der Waals surface area contributed by atoms with Gasteiger partial charge in [0.15, 0.2) is 0 Å². The Hall–Kier alpha value is -1.00. The zero-order valence-corrected chi connectivity index (χ0v) is 12.0. The van der Waals surface area contributed by atoms with Crippen molar-refractivity contribution < 1.29 is 4.79 Å². The second kappa shape index (κ2) is 5.33. The number of nitrogens with zero attached hydrogens (tertiary/aromatic N) is 1. The lowest BCUT2D eigenvalue weighted by Crippen LogP contribution is -2.43. The van der Waals surface area contributed by atoms with Crippen LogP contribution in [0.25, 0.3) is 0 Å². The molecule has 3 nitrogen and oxygen atoms in total. The van der Waals surface area contributed by atoms with Crippen molar-refractivity contribution in [3.63, 3.8) is 0 Å². The smallest absolute Gasteiger partial charge is 0.228 e. The van der Waals surface area contributed by atoms with Gasteiger partial charge in [0.2, 0.25) is 5.91 Å². The summed E-state index contributed by atoms with van der Waals surface area (Å²) in [4.78, 5) is 15.5. The Morgan fingerprint density at radius 1 is 1.44 bits per heavy atom. The first kappa shape index (κ1) is 13.4. The summed E-state index contributed by atoms with van der Waals surface area (Å²) >= 11 is 1.85. The third-order valence-electron chi connectivity index (χ3n) is 3.31. The van der Waals surface area contributed by atoms with Crippen molar-refractivity contribution in [1.82, 2.24) is 0 Å². The van der Waals surface area contributed by atoms with Crippen molar-refractivity contribution in [1.29, 1.82) is 0 Å². The van der Waals surface area contributed by atoms with Gasteiger partial charge in [-0.1, -0.05) is 12.1 Å². The van der Waals surface area contributed by atoms with E-state index in [4.69, 9.17) is 5.73 Å². The molecule has 1 aromatic carbocycles. The van der Waals surface area contributed by atoms with Crippen molar-refractivity contribution in [2.24, 2.45) is 5.73 Å². The predicted octanol–water partition coefficient (Wildman–Crippen LogP) is 2.48. The van der Waals surface area contributed by atoms with Gasteiger partial charge < -0.3 is 10.6 Å². The van der Waals surface area contributed by atoms with Crippen molar-refractivity contribution >= 4 is 23.4 Å². The molecule has 0 aliphatic carbocycles. The lowest BCUT2D eigenvalue weighted by Gasteiger charge is -2.36. The average Bonchev–Trinajstić information content (AvgIpc) is 2.34. The molecular formula is C14H20N2OS. The summed E-state index contributed by atoms with van der Waals surface area (Å²) in [7, 11) is 0. The largest absolute Gasteiger partial charge is 0.330 e. The van der Waals surface area contributed by atoms with Crippen LogP contribution in [-0.4, -0.2) is 24.2 Å². The number of amides is 1. The maximum Gasteiger partial charge on any atom is 0.228 e. The molecule has 4 heteroatoms. The van der Waals surface area contributed by atoms with Gasteiger partial charge in [-0.15, -0.1) is 11.8 Å². The van der Waals surface area contributed by atoms with Gasteiger partial charge in [0.25, 0.3) is 0 Å². The third kappa shape index (κ3) is 2.27. The molecule has 2 rings (SSSR count). The predicted molar refractivity (Wildman–Crippen MR) is 77.3 cm³/mol. The fourth-order valence-corrected chi connectivity index (χ4v) is 3.61. The zero-order chi connectivity index (χ0) is 13.3. The summed E-state index contributed by atoms with van der Waals surface area (Å²) < 4.78 is 0. The quantitative estimate of drug-likeness (QED) is 0.892. The van der Waals surface area contributed by atoms with Gasteiger partial charge in [0.05, 0.1) is 5.69 Å². The molecule has 0 aromatic heterocycles. The van der Waals surface area contributed by atoms with E-state index < -0.39 is 0 Å². The Balaban J connectivity index is 2.50. The van der Waals surface area contributed by atoms with E-state index in [0.29, 0.717) is 13.0 Å². The van der Waals surface area contributed by atoms with E-state index >= 15 is 0 Å². The molecule has 1 heterocycles. The second-order valence-corrected chi connectivity index (χ2v) is 5.87. The van der Waals surface area contributed by atoms with E-state index in [2.05, 4.69) is 32.9 Å². The van der Waals surface area contributed by atoms with Crippen molar-refractivity contribution in [3.05, 3.63) is 23.3 Å². The van der Waals surface area contributed by atoms with Crippen LogP contribution < -0.4 is 10.6 Å². The molecule has 0 saturated carbocycles. The number of hydrogen-bond donors (Lipinski definition) is 1. The molecule has 1 aromatic rings. The Kier molecular flexibility index (Phi) is 3.97. The number of aryl methyl sites for hydroxylation is 2. The van der Waals surface area contributed by atoms with E-state index in [9.17, 15) is 4.79 Å². The summed E-state index contributed by atoms with van der Waals surface area (Å²) in [5, 5.41) is 0. The van der Waals surface area contributed by atoms with Gasteiger partial charge in [0.1, 0.15) is 0 Å².